The Labute approximate surface area is 172 Å². The van der Waals surface area contributed by atoms with Gasteiger partial charge in [-0.25, -0.2) is 8.42 Å². The lowest BCUT2D eigenvalue weighted by Crippen LogP contribution is -2.48. The van der Waals surface area contributed by atoms with Crippen molar-refractivity contribution >= 4 is 33.4 Å². The number of thioether (sulfide) groups is 1. The van der Waals surface area contributed by atoms with Gasteiger partial charge < -0.3 is 5.32 Å². The number of rotatable bonds is 8. The number of sulfonamides is 1. The van der Waals surface area contributed by atoms with E-state index < -0.39 is 15.6 Å². The number of carbonyl (C=O) groups is 1. The van der Waals surface area contributed by atoms with Gasteiger partial charge in [-0.2, -0.15) is 0 Å². The molecule has 0 aliphatic rings. The monoisotopic (exact) mass is 420 g/mol. The van der Waals surface area contributed by atoms with Crippen LogP contribution in [0.25, 0.3) is 0 Å². The Kier molecular flexibility index (Phi) is 7.17. The summed E-state index contributed by atoms with van der Waals surface area (Å²) < 4.78 is 27.8. The molecule has 152 valence electrons. The summed E-state index contributed by atoms with van der Waals surface area (Å²) in [7, 11) is -3.89. The number of aryl methyl sites for hydroxylation is 1. The van der Waals surface area contributed by atoms with Gasteiger partial charge in [-0.05, 0) is 69.8 Å². The van der Waals surface area contributed by atoms with E-state index in [1.54, 1.807) is 48.2 Å². The summed E-state index contributed by atoms with van der Waals surface area (Å²) in [5, 5.41) is 2.91. The molecule has 0 spiro atoms. The molecule has 0 heterocycles. The van der Waals surface area contributed by atoms with Crippen LogP contribution in [0.3, 0.4) is 0 Å². The predicted molar refractivity (Wildman–Crippen MR) is 116 cm³/mol. The first-order chi connectivity index (χ1) is 13.1. The maximum atomic E-state index is 13.3. The van der Waals surface area contributed by atoms with E-state index in [2.05, 4.69) is 5.32 Å². The van der Waals surface area contributed by atoms with E-state index in [-0.39, 0.29) is 17.3 Å². The van der Waals surface area contributed by atoms with Crippen LogP contribution in [0, 0.1) is 6.92 Å². The molecule has 0 saturated heterocycles. The summed E-state index contributed by atoms with van der Waals surface area (Å²) in [6, 6.07) is 13.8. The second-order valence-electron chi connectivity index (χ2n) is 7.31. The third-order valence-corrected chi connectivity index (χ3v) is 7.15. The summed E-state index contributed by atoms with van der Waals surface area (Å²) in [5.41, 5.74) is 1.07. The van der Waals surface area contributed by atoms with E-state index >= 15 is 0 Å². The second kappa shape index (κ2) is 9.01. The van der Waals surface area contributed by atoms with Gasteiger partial charge in [-0.15, -0.1) is 11.8 Å². The molecule has 0 bridgehead atoms. The van der Waals surface area contributed by atoms with E-state index in [0.717, 1.165) is 16.9 Å². The normalized spacial score (nSPS) is 11.9. The lowest BCUT2D eigenvalue weighted by atomic mass is 10.0. The molecule has 0 unspecified atom stereocenters. The Bertz CT molecular complexity index is 906. The topological polar surface area (TPSA) is 66.5 Å². The first-order valence-corrected chi connectivity index (χ1v) is 11.8. The molecule has 1 amide bonds. The second-order valence-corrected chi connectivity index (χ2v) is 10.1. The summed E-state index contributed by atoms with van der Waals surface area (Å²) in [6.45, 7) is 7.45. The Balaban J connectivity index is 2.42. The zero-order valence-electron chi connectivity index (χ0n) is 17.0. The molecule has 1 N–H and O–H groups in total. The molecule has 28 heavy (non-hydrogen) atoms. The molecule has 0 aromatic heterocycles. The molecule has 7 heteroatoms. The van der Waals surface area contributed by atoms with Crippen molar-refractivity contribution in [3.63, 3.8) is 0 Å². The van der Waals surface area contributed by atoms with Crippen molar-refractivity contribution in [2.75, 3.05) is 17.1 Å². The van der Waals surface area contributed by atoms with Gasteiger partial charge in [0, 0.05) is 10.4 Å². The molecule has 2 aromatic carbocycles. The van der Waals surface area contributed by atoms with Crippen molar-refractivity contribution in [3.05, 3.63) is 54.1 Å². The van der Waals surface area contributed by atoms with Gasteiger partial charge in [-0.3, -0.25) is 9.10 Å². The highest BCUT2D eigenvalue weighted by Gasteiger charge is 2.28. The van der Waals surface area contributed by atoms with E-state index in [9.17, 15) is 13.2 Å². The average molecular weight is 421 g/mol. The Morgan fingerprint density at radius 3 is 2.14 bits per heavy atom. The van der Waals surface area contributed by atoms with Crippen LogP contribution in [0.4, 0.5) is 5.69 Å². The highest BCUT2D eigenvalue weighted by atomic mass is 32.2. The van der Waals surface area contributed by atoms with Crippen molar-refractivity contribution in [1.82, 2.24) is 5.32 Å². The molecular formula is C21H28N2O3S2. The van der Waals surface area contributed by atoms with Crippen molar-refractivity contribution < 1.29 is 13.2 Å². The number of amides is 1. The van der Waals surface area contributed by atoms with Crippen LogP contribution in [-0.2, 0) is 14.8 Å². The first-order valence-electron chi connectivity index (χ1n) is 9.13. The maximum Gasteiger partial charge on any atom is 0.264 e. The predicted octanol–water partition coefficient (Wildman–Crippen LogP) is 4.22. The highest BCUT2D eigenvalue weighted by Crippen LogP contribution is 2.26. The van der Waals surface area contributed by atoms with Gasteiger partial charge in [0.25, 0.3) is 10.0 Å². The molecule has 2 aromatic rings. The Morgan fingerprint density at radius 2 is 1.64 bits per heavy atom. The fraction of sp³-hybridized carbons (Fsp3) is 0.381. The molecule has 0 atom stereocenters. The fourth-order valence-electron chi connectivity index (χ4n) is 2.54. The number of carbonyl (C=O) groups excluding carboxylic acids is 1. The van der Waals surface area contributed by atoms with Crippen LogP contribution in [0.15, 0.2) is 58.3 Å². The average Bonchev–Trinajstić information content (AvgIpc) is 2.66. The molecule has 0 aliphatic heterocycles. The first kappa shape index (κ1) is 22.3. The zero-order valence-corrected chi connectivity index (χ0v) is 18.7. The number of hydrogen-bond acceptors (Lipinski definition) is 4. The van der Waals surface area contributed by atoms with Gasteiger partial charge in [0.2, 0.25) is 5.91 Å². The Hall–Kier alpha value is -1.99. The molecule has 0 aliphatic carbocycles. The van der Waals surface area contributed by atoms with Crippen molar-refractivity contribution in [2.45, 2.75) is 49.4 Å². The lowest BCUT2D eigenvalue weighted by Gasteiger charge is -2.28. The minimum Gasteiger partial charge on any atom is -0.350 e. The molecule has 5 nitrogen and oxygen atoms in total. The minimum atomic E-state index is -3.89. The van der Waals surface area contributed by atoms with E-state index in [4.69, 9.17) is 0 Å². The number of nitrogens with one attached hydrogen (secondary N) is 1. The van der Waals surface area contributed by atoms with Gasteiger partial charge in [-0.1, -0.05) is 24.6 Å². The maximum absolute atomic E-state index is 13.3. The van der Waals surface area contributed by atoms with Crippen LogP contribution >= 0.6 is 11.8 Å². The van der Waals surface area contributed by atoms with E-state index in [0.29, 0.717) is 5.69 Å². The van der Waals surface area contributed by atoms with Crippen molar-refractivity contribution in [2.24, 2.45) is 0 Å². The summed E-state index contributed by atoms with van der Waals surface area (Å²) >= 11 is 1.54. The van der Waals surface area contributed by atoms with Crippen LogP contribution < -0.4 is 9.62 Å². The smallest absolute Gasteiger partial charge is 0.264 e. The summed E-state index contributed by atoms with van der Waals surface area (Å²) in [5.74, 6) is -0.336. The quantitative estimate of drug-likeness (QED) is 0.650. The van der Waals surface area contributed by atoms with Crippen LogP contribution in [-0.4, -0.2) is 32.7 Å². The van der Waals surface area contributed by atoms with Gasteiger partial charge in [0.1, 0.15) is 6.54 Å². The SMILES string of the molecule is CCC(C)(C)NC(=O)CN(c1ccc(C)cc1)S(=O)(=O)c1ccc(SC)cc1. The molecular weight excluding hydrogens is 392 g/mol. The van der Waals surface area contributed by atoms with Gasteiger partial charge >= 0.3 is 0 Å². The number of hydrogen-bond donors (Lipinski definition) is 1. The summed E-state index contributed by atoms with van der Waals surface area (Å²) in [4.78, 5) is 13.8. The molecule has 0 saturated carbocycles. The van der Waals surface area contributed by atoms with Gasteiger partial charge in [0.15, 0.2) is 0 Å². The lowest BCUT2D eigenvalue weighted by molar-refractivity contribution is -0.121. The molecule has 0 radical (unpaired) electrons. The Morgan fingerprint density at radius 1 is 1.07 bits per heavy atom. The molecule has 2 rings (SSSR count). The van der Waals surface area contributed by atoms with Crippen molar-refractivity contribution in [1.29, 1.82) is 0 Å². The minimum absolute atomic E-state index is 0.161. The number of nitrogens with zero attached hydrogens (tertiary/aromatic N) is 1. The standard InChI is InChI=1S/C21H28N2O3S2/c1-6-21(3,4)22-20(24)15-23(17-9-7-16(2)8-10-17)28(25,26)19-13-11-18(27-5)12-14-19/h7-14H,6,15H2,1-5H3,(H,22,24). The van der Waals surface area contributed by atoms with Crippen molar-refractivity contribution in [3.8, 4) is 0 Å². The number of benzene rings is 2. The largest absolute Gasteiger partial charge is 0.350 e. The third-order valence-electron chi connectivity index (χ3n) is 4.62. The highest BCUT2D eigenvalue weighted by molar-refractivity contribution is 7.98. The van der Waals surface area contributed by atoms with E-state index in [1.165, 1.54) is 4.31 Å². The zero-order chi connectivity index (χ0) is 20.9. The third kappa shape index (κ3) is 5.52. The van der Waals surface area contributed by atoms with Gasteiger partial charge in [0.05, 0.1) is 10.6 Å². The van der Waals surface area contributed by atoms with Crippen LogP contribution in [0.2, 0.25) is 0 Å². The fourth-order valence-corrected chi connectivity index (χ4v) is 4.37. The van der Waals surface area contributed by atoms with Crippen LogP contribution in [0.5, 0.6) is 0 Å². The summed E-state index contributed by atoms with van der Waals surface area (Å²) in [6.07, 6.45) is 2.67. The molecule has 0 fully saturated rings. The van der Waals surface area contributed by atoms with E-state index in [1.807, 2.05) is 46.1 Å². The van der Waals surface area contributed by atoms with Crippen LogP contribution in [0.1, 0.15) is 32.8 Å². The number of anilines is 1.